The Bertz CT molecular complexity index is 340. The van der Waals surface area contributed by atoms with Crippen LogP contribution >= 0.6 is 0 Å². The standard InChI is InChI=1S/C12H17NO2/c1-8-5-6-11(13-8)12(15)9-3-2-4-10(14)7-9/h2-4,7-8,11-15H,5-6H2,1H3/t8-,11-,12-/m0/s1. The maximum atomic E-state index is 10.1. The van der Waals surface area contributed by atoms with Crippen LogP contribution < -0.4 is 5.32 Å². The normalized spacial score (nSPS) is 27.9. The summed E-state index contributed by atoms with van der Waals surface area (Å²) in [4.78, 5) is 0. The van der Waals surface area contributed by atoms with Crippen LogP contribution in [0.2, 0.25) is 0 Å². The molecule has 1 saturated heterocycles. The van der Waals surface area contributed by atoms with Crippen LogP contribution in [0.1, 0.15) is 31.4 Å². The van der Waals surface area contributed by atoms with E-state index in [-0.39, 0.29) is 11.8 Å². The van der Waals surface area contributed by atoms with Gasteiger partial charge in [-0.1, -0.05) is 12.1 Å². The fourth-order valence-corrected chi connectivity index (χ4v) is 2.15. The molecule has 0 radical (unpaired) electrons. The molecule has 0 saturated carbocycles. The first-order chi connectivity index (χ1) is 7.16. The zero-order chi connectivity index (χ0) is 10.8. The van der Waals surface area contributed by atoms with E-state index in [1.54, 1.807) is 18.2 Å². The predicted molar refractivity (Wildman–Crippen MR) is 58.7 cm³/mol. The molecule has 1 heterocycles. The topological polar surface area (TPSA) is 52.5 Å². The summed E-state index contributed by atoms with van der Waals surface area (Å²) in [5.41, 5.74) is 0.779. The Morgan fingerprint density at radius 3 is 2.80 bits per heavy atom. The van der Waals surface area contributed by atoms with Gasteiger partial charge in [-0.05, 0) is 37.5 Å². The average molecular weight is 207 g/mol. The highest BCUT2D eigenvalue weighted by molar-refractivity contribution is 5.29. The summed E-state index contributed by atoms with van der Waals surface area (Å²) in [6, 6.07) is 7.42. The third kappa shape index (κ3) is 2.30. The molecule has 1 aromatic carbocycles. The Morgan fingerprint density at radius 2 is 2.20 bits per heavy atom. The third-order valence-electron chi connectivity index (χ3n) is 3.00. The average Bonchev–Trinajstić information content (AvgIpc) is 2.64. The van der Waals surface area contributed by atoms with E-state index in [4.69, 9.17) is 0 Å². The number of rotatable bonds is 2. The summed E-state index contributed by atoms with van der Waals surface area (Å²) in [6.45, 7) is 2.12. The van der Waals surface area contributed by atoms with E-state index in [2.05, 4.69) is 12.2 Å². The smallest absolute Gasteiger partial charge is 0.115 e. The fraction of sp³-hybridized carbons (Fsp3) is 0.500. The van der Waals surface area contributed by atoms with Gasteiger partial charge in [0.05, 0.1) is 6.10 Å². The van der Waals surface area contributed by atoms with Gasteiger partial charge in [-0.25, -0.2) is 0 Å². The quantitative estimate of drug-likeness (QED) is 0.690. The summed E-state index contributed by atoms with van der Waals surface area (Å²) in [7, 11) is 0. The molecule has 0 bridgehead atoms. The Hall–Kier alpha value is -1.06. The summed E-state index contributed by atoms with van der Waals surface area (Å²) in [5, 5.41) is 22.8. The zero-order valence-electron chi connectivity index (χ0n) is 8.85. The SMILES string of the molecule is C[C@H]1CC[C@@H]([C@@H](O)c2cccc(O)c2)N1. The largest absolute Gasteiger partial charge is 0.508 e. The number of hydrogen-bond donors (Lipinski definition) is 3. The Labute approximate surface area is 89.8 Å². The number of phenols is 1. The van der Waals surface area contributed by atoms with Gasteiger partial charge < -0.3 is 15.5 Å². The van der Waals surface area contributed by atoms with E-state index in [1.165, 1.54) is 0 Å². The molecule has 82 valence electrons. The molecule has 1 fully saturated rings. The molecule has 15 heavy (non-hydrogen) atoms. The van der Waals surface area contributed by atoms with E-state index in [0.29, 0.717) is 6.04 Å². The number of aliphatic hydroxyl groups is 1. The van der Waals surface area contributed by atoms with Gasteiger partial charge in [0.1, 0.15) is 5.75 Å². The van der Waals surface area contributed by atoms with Crippen LogP contribution in [0.25, 0.3) is 0 Å². The molecule has 3 N–H and O–H groups in total. The van der Waals surface area contributed by atoms with Crippen molar-refractivity contribution in [2.24, 2.45) is 0 Å². The summed E-state index contributed by atoms with van der Waals surface area (Å²) in [5.74, 6) is 0.206. The molecular weight excluding hydrogens is 190 g/mol. The van der Waals surface area contributed by atoms with Gasteiger partial charge in [0.25, 0.3) is 0 Å². The van der Waals surface area contributed by atoms with E-state index < -0.39 is 6.10 Å². The van der Waals surface area contributed by atoms with Crippen molar-refractivity contribution in [1.82, 2.24) is 5.32 Å². The highest BCUT2D eigenvalue weighted by Crippen LogP contribution is 2.26. The number of phenolic OH excluding ortho intramolecular Hbond substituents is 1. The highest BCUT2D eigenvalue weighted by atomic mass is 16.3. The van der Waals surface area contributed by atoms with Crippen molar-refractivity contribution in [2.45, 2.75) is 38.0 Å². The number of aromatic hydroxyl groups is 1. The van der Waals surface area contributed by atoms with E-state index in [0.717, 1.165) is 18.4 Å². The Balaban J connectivity index is 2.10. The van der Waals surface area contributed by atoms with Crippen LogP contribution in [0.5, 0.6) is 5.75 Å². The summed E-state index contributed by atoms with van der Waals surface area (Å²) in [6.07, 6.45) is 1.56. The van der Waals surface area contributed by atoms with Gasteiger partial charge in [0.15, 0.2) is 0 Å². The maximum Gasteiger partial charge on any atom is 0.115 e. The minimum absolute atomic E-state index is 0.113. The van der Waals surface area contributed by atoms with Gasteiger partial charge in [0.2, 0.25) is 0 Å². The molecule has 0 amide bonds. The summed E-state index contributed by atoms with van der Waals surface area (Å²) >= 11 is 0. The first-order valence-electron chi connectivity index (χ1n) is 5.40. The van der Waals surface area contributed by atoms with Crippen LogP contribution in [0.4, 0.5) is 0 Å². The lowest BCUT2D eigenvalue weighted by Crippen LogP contribution is -2.32. The van der Waals surface area contributed by atoms with Gasteiger partial charge in [0, 0.05) is 12.1 Å². The van der Waals surface area contributed by atoms with Crippen LogP contribution in [0.15, 0.2) is 24.3 Å². The molecule has 0 unspecified atom stereocenters. The second-order valence-corrected chi connectivity index (χ2v) is 4.29. The van der Waals surface area contributed by atoms with E-state index in [1.807, 2.05) is 6.07 Å². The minimum Gasteiger partial charge on any atom is -0.508 e. The predicted octanol–water partition coefficient (Wildman–Crippen LogP) is 1.57. The molecule has 0 aliphatic carbocycles. The van der Waals surface area contributed by atoms with Crippen LogP contribution in [0.3, 0.4) is 0 Å². The Kier molecular flexibility index (Phi) is 2.93. The van der Waals surface area contributed by atoms with Crippen molar-refractivity contribution in [2.75, 3.05) is 0 Å². The second kappa shape index (κ2) is 4.21. The monoisotopic (exact) mass is 207 g/mol. The highest BCUT2D eigenvalue weighted by Gasteiger charge is 2.27. The second-order valence-electron chi connectivity index (χ2n) is 4.29. The molecule has 3 heteroatoms. The molecule has 3 atom stereocenters. The van der Waals surface area contributed by atoms with Crippen molar-refractivity contribution in [3.05, 3.63) is 29.8 Å². The molecule has 1 aromatic rings. The molecule has 1 aliphatic heterocycles. The molecule has 3 nitrogen and oxygen atoms in total. The van der Waals surface area contributed by atoms with Crippen molar-refractivity contribution in [3.63, 3.8) is 0 Å². The maximum absolute atomic E-state index is 10.1. The first kappa shape index (κ1) is 10.5. The lowest BCUT2D eigenvalue weighted by atomic mass is 10.0. The van der Waals surface area contributed by atoms with Gasteiger partial charge in [-0.3, -0.25) is 0 Å². The van der Waals surface area contributed by atoms with Crippen molar-refractivity contribution in [1.29, 1.82) is 0 Å². The first-order valence-corrected chi connectivity index (χ1v) is 5.40. The lowest BCUT2D eigenvalue weighted by Gasteiger charge is -2.19. The van der Waals surface area contributed by atoms with E-state index >= 15 is 0 Å². The number of nitrogens with one attached hydrogen (secondary N) is 1. The lowest BCUT2D eigenvalue weighted by molar-refractivity contribution is 0.135. The fourth-order valence-electron chi connectivity index (χ4n) is 2.15. The molecule has 0 spiro atoms. The zero-order valence-corrected chi connectivity index (χ0v) is 8.85. The number of hydrogen-bond acceptors (Lipinski definition) is 3. The Morgan fingerprint density at radius 1 is 1.40 bits per heavy atom. The van der Waals surface area contributed by atoms with Crippen molar-refractivity contribution < 1.29 is 10.2 Å². The molecule has 0 aromatic heterocycles. The van der Waals surface area contributed by atoms with Crippen LogP contribution in [0, 0.1) is 0 Å². The van der Waals surface area contributed by atoms with Gasteiger partial charge in [-0.15, -0.1) is 0 Å². The summed E-state index contributed by atoms with van der Waals surface area (Å²) < 4.78 is 0. The van der Waals surface area contributed by atoms with Crippen molar-refractivity contribution in [3.8, 4) is 5.75 Å². The van der Waals surface area contributed by atoms with Crippen LogP contribution in [-0.2, 0) is 0 Å². The molecule has 2 rings (SSSR count). The molecular formula is C12H17NO2. The van der Waals surface area contributed by atoms with Crippen molar-refractivity contribution >= 4 is 0 Å². The number of aliphatic hydroxyl groups excluding tert-OH is 1. The van der Waals surface area contributed by atoms with E-state index in [9.17, 15) is 10.2 Å². The number of benzene rings is 1. The minimum atomic E-state index is -0.526. The molecule has 1 aliphatic rings. The third-order valence-corrected chi connectivity index (χ3v) is 3.00. The van der Waals surface area contributed by atoms with Gasteiger partial charge >= 0.3 is 0 Å². The van der Waals surface area contributed by atoms with Crippen LogP contribution in [-0.4, -0.2) is 22.3 Å². The van der Waals surface area contributed by atoms with Gasteiger partial charge in [-0.2, -0.15) is 0 Å².